The molecule has 4 aromatic carbocycles. The quantitative estimate of drug-likeness (QED) is 0.0440. The van der Waals surface area contributed by atoms with E-state index in [4.69, 9.17) is 9.47 Å². The zero-order valence-electron chi connectivity index (χ0n) is 23.7. The number of amides is 3. The molecule has 11 heteroatoms. The molecule has 0 aliphatic rings. The van der Waals surface area contributed by atoms with E-state index in [1.807, 2.05) is 0 Å². The summed E-state index contributed by atoms with van der Waals surface area (Å²) in [6.07, 6.45) is 3.32. The molecule has 44 heavy (non-hydrogen) atoms. The van der Waals surface area contributed by atoms with Gasteiger partial charge in [0.15, 0.2) is 0 Å². The Bertz CT molecular complexity index is 1640. The number of para-hydroxylation sites is 1. The molecule has 0 saturated heterocycles. The van der Waals surface area contributed by atoms with Gasteiger partial charge in [-0.05, 0) is 96.9 Å². The molecule has 0 aliphatic carbocycles. The molecule has 0 spiro atoms. The minimum atomic E-state index is -1.03. The summed E-state index contributed by atoms with van der Waals surface area (Å²) in [6, 6.07) is 26.5. The largest absolute Gasteiger partial charge is 0.494 e. The van der Waals surface area contributed by atoms with Crippen molar-refractivity contribution in [3.05, 3.63) is 118 Å². The summed E-state index contributed by atoms with van der Waals surface area (Å²) in [4.78, 5) is 50.1. The van der Waals surface area contributed by atoms with Gasteiger partial charge in [0.2, 0.25) is 0 Å². The van der Waals surface area contributed by atoms with E-state index < -0.39 is 23.7 Å². The van der Waals surface area contributed by atoms with Crippen LogP contribution in [-0.4, -0.2) is 36.5 Å². The third-order valence-corrected chi connectivity index (χ3v) is 6.58. The Hall–Kier alpha value is -5.29. The molecule has 10 nitrogen and oxygen atoms in total. The number of hydrogen-bond acceptors (Lipinski definition) is 7. The van der Waals surface area contributed by atoms with Crippen molar-refractivity contribution in [2.75, 3.05) is 17.2 Å². The number of nitrogens with zero attached hydrogens (tertiary/aromatic N) is 1. The Kier molecular flexibility index (Phi) is 11.4. The second-order valence-electron chi connectivity index (χ2n) is 9.34. The number of hydrazone groups is 1. The van der Waals surface area contributed by atoms with Gasteiger partial charge in [-0.1, -0.05) is 41.4 Å². The number of hydrogen-bond donors (Lipinski definition) is 3. The normalized spacial score (nSPS) is 10.6. The van der Waals surface area contributed by atoms with E-state index in [9.17, 15) is 19.2 Å². The van der Waals surface area contributed by atoms with Crippen molar-refractivity contribution in [1.29, 1.82) is 0 Å². The number of anilines is 2. The standard InChI is InChI=1S/C33H29BrN4O6/c1-2-3-20-43-26-18-10-23(11-19-26)33(42)44-27-16-8-22(9-17-27)21-35-38-32(41)31(40)37-29-7-5-4-6-28(29)30(39)36-25-14-12-24(34)13-15-25/h4-19,21H,2-3,20H2,1H3,(H,36,39)(H,37,40)(H,38,41)/b35-21+. The molecule has 0 heterocycles. The van der Waals surface area contributed by atoms with E-state index in [0.717, 1.165) is 17.3 Å². The Labute approximate surface area is 262 Å². The Balaban J connectivity index is 1.26. The highest BCUT2D eigenvalue weighted by atomic mass is 79.9. The average Bonchev–Trinajstić information content (AvgIpc) is 3.03. The fraction of sp³-hybridized carbons (Fsp3) is 0.121. The van der Waals surface area contributed by atoms with E-state index in [1.54, 1.807) is 84.9 Å². The van der Waals surface area contributed by atoms with Gasteiger partial charge in [-0.3, -0.25) is 14.4 Å². The molecule has 3 amide bonds. The maximum atomic E-state index is 12.8. The summed E-state index contributed by atoms with van der Waals surface area (Å²) in [7, 11) is 0. The molecule has 0 unspecified atom stereocenters. The number of unbranched alkanes of at least 4 members (excludes halogenated alkanes) is 1. The smallest absolute Gasteiger partial charge is 0.343 e. The van der Waals surface area contributed by atoms with E-state index in [-0.39, 0.29) is 11.3 Å². The number of ether oxygens (including phenoxy) is 2. The van der Waals surface area contributed by atoms with Crippen LogP contribution in [-0.2, 0) is 9.59 Å². The SMILES string of the molecule is CCCCOc1ccc(C(=O)Oc2ccc(/C=N/NC(=O)C(=O)Nc3ccccc3C(=O)Nc3ccc(Br)cc3)cc2)cc1. The minimum absolute atomic E-state index is 0.160. The van der Waals surface area contributed by atoms with Crippen LogP contribution < -0.4 is 25.5 Å². The number of nitrogens with one attached hydrogen (secondary N) is 3. The van der Waals surface area contributed by atoms with Gasteiger partial charge >= 0.3 is 17.8 Å². The lowest BCUT2D eigenvalue weighted by atomic mass is 10.1. The highest BCUT2D eigenvalue weighted by molar-refractivity contribution is 9.10. The van der Waals surface area contributed by atoms with Gasteiger partial charge in [0.1, 0.15) is 11.5 Å². The summed E-state index contributed by atoms with van der Waals surface area (Å²) < 4.78 is 11.9. The molecule has 4 rings (SSSR count). The van der Waals surface area contributed by atoms with E-state index in [0.29, 0.717) is 34.9 Å². The van der Waals surface area contributed by atoms with Crippen molar-refractivity contribution in [3.63, 3.8) is 0 Å². The average molecular weight is 658 g/mol. The van der Waals surface area contributed by atoms with Crippen molar-refractivity contribution < 1.29 is 28.7 Å². The van der Waals surface area contributed by atoms with Crippen LogP contribution in [0.2, 0.25) is 0 Å². The number of carbonyl (C=O) groups excluding carboxylic acids is 4. The maximum absolute atomic E-state index is 12.8. The predicted octanol–water partition coefficient (Wildman–Crippen LogP) is 6.19. The van der Waals surface area contributed by atoms with E-state index in [2.05, 4.69) is 44.0 Å². The van der Waals surface area contributed by atoms with Crippen LogP contribution in [0.3, 0.4) is 0 Å². The number of rotatable bonds is 11. The van der Waals surface area contributed by atoms with Gasteiger partial charge in [-0.2, -0.15) is 5.10 Å². The first kappa shape index (κ1) is 31.6. The summed E-state index contributed by atoms with van der Waals surface area (Å²) in [5.74, 6) is -2.00. The zero-order valence-corrected chi connectivity index (χ0v) is 25.3. The second kappa shape index (κ2) is 15.8. The molecule has 224 valence electrons. The molecule has 0 saturated carbocycles. The molecule has 0 aromatic heterocycles. The third kappa shape index (κ3) is 9.36. The lowest BCUT2D eigenvalue weighted by Gasteiger charge is -2.11. The van der Waals surface area contributed by atoms with Crippen LogP contribution in [0, 0.1) is 0 Å². The maximum Gasteiger partial charge on any atom is 0.343 e. The zero-order chi connectivity index (χ0) is 31.3. The third-order valence-electron chi connectivity index (χ3n) is 6.06. The lowest BCUT2D eigenvalue weighted by molar-refractivity contribution is -0.136. The highest BCUT2D eigenvalue weighted by Gasteiger charge is 2.18. The van der Waals surface area contributed by atoms with Crippen LogP contribution in [0.25, 0.3) is 0 Å². The summed E-state index contributed by atoms with van der Waals surface area (Å²) in [6.45, 7) is 2.70. The van der Waals surface area contributed by atoms with Crippen LogP contribution in [0.5, 0.6) is 11.5 Å². The highest BCUT2D eigenvalue weighted by Crippen LogP contribution is 2.20. The van der Waals surface area contributed by atoms with Crippen LogP contribution in [0.4, 0.5) is 11.4 Å². The van der Waals surface area contributed by atoms with Crippen LogP contribution in [0.15, 0.2) is 107 Å². The van der Waals surface area contributed by atoms with Gasteiger partial charge in [-0.25, -0.2) is 10.2 Å². The Morgan fingerprint density at radius 2 is 1.48 bits per heavy atom. The monoisotopic (exact) mass is 656 g/mol. The molecule has 0 fully saturated rings. The molecule has 3 N–H and O–H groups in total. The van der Waals surface area contributed by atoms with Gasteiger partial charge in [0.25, 0.3) is 5.91 Å². The number of carbonyl (C=O) groups is 4. The molecule has 0 atom stereocenters. The molecule has 4 aromatic rings. The number of halogens is 1. The van der Waals surface area contributed by atoms with Gasteiger partial charge in [0, 0.05) is 10.2 Å². The molecule has 0 bridgehead atoms. The first-order valence-corrected chi connectivity index (χ1v) is 14.5. The van der Waals surface area contributed by atoms with Gasteiger partial charge in [-0.15, -0.1) is 0 Å². The molecular formula is C33H29BrN4O6. The van der Waals surface area contributed by atoms with Crippen molar-refractivity contribution in [2.24, 2.45) is 5.10 Å². The van der Waals surface area contributed by atoms with Crippen molar-refractivity contribution in [2.45, 2.75) is 19.8 Å². The lowest BCUT2D eigenvalue weighted by Crippen LogP contribution is -2.33. The number of benzene rings is 4. The number of esters is 1. The minimum Gasteiger partial charge on any atom is -0.494 e. The first-order chi connectivity index (χ1) is 21.3. The Morgan fingerprint density at radius 1 is 0.795 bits per heavy atom. The van der Waals surface area contributed by atoms with E-state index >= 15 is 0 Å². The first-order valence-electron chi connectivity index (χ1n) is 13.7. The summed E-state index contributed by atoms with van der Waals surface area (Å²) in [5, 5.41) is 8.99. The fourth-order valence-electron chi connectivity index (χ4n) is 3.73. The van der Waals surface area contributed by atoms with Crippen molar-refractivity contribution >= 4 is 57.2 Å². The topological polar surface area (TPSA) is 135 Å². The predicted molar refractivity (Wildman–Crippen MR) is 171 cm³/mol. The molecule has 0 aliphatic heterocycles. The van der Waals surface area contributed by atoms with E-state index in [1.165, 1.54) is 18.3 Å². The van der Waals surface area contributed by atoms with Gasteiger partial charge in [0.05, 0.1) is 29.6 Å². The molecule has 0 radical (unpaired) electrons. The second-order valence-corrected chi connectivity index (χ2v) is 10.3. The fourth-order valence-corrected chi connectivity index (χ4v) is 3.99. The summed E-state index contributed by atoms with van der Waals surface area (Å²) >= 11 is 3.34. The van der Waals surface area contributed by atoms with Crippen molar-refractivity contribution in [1.82, 2.24) is 5.43 Å². The van der Waals surface area contributed by atoms with Crippen LogP contribution in [0.1, 0.15) is 46.0 Å². The van der Waals surface area contributed by atoms with Crippen LogP contribution >= 0.6 is 15.9 Å². The Morgan fingerprint density at radius 3 is 2.18 bits per heavy atom. The van der Waals surface area contributed by atoms with Gasteiger partial charge < -0.3 is 20.1 Å². The summed E-state index contributed by atoms with van der Waals surface area (Å²) in [5.41, 5.74) is 4.01. The van der Waals surface area contributed by atoms with Crippen molar-refractivity contribution in [3.8, 4) is 11.5 Å². The molecular weight excluding hydrogens is 628 g/mol.